The maximum absolute atomic E-state index is 11.5. The van der Waals surface area contributed by atoms with Crippen molar-refractivity contribution in [1.82, 2.24) is 9.97 Å². The Morgan fingerprint density at radius 1 is 1.56 bits per heavy atom. The summed E-state index contributed by atoms with van der Waals surface area (Å²) in [6.45, 7) is 0.706. The second-order valence-electron chi connectivity index (χ2n) is 3.58. The average molecular weight is 263 g/mol. The number of nitrogens with one attached hydrogen (secondary N) is 1. The predicted octanol–water partition coefficient (Wildman–Crippen LogP) is 1.98. The molecule has 0 aliphatic rings. The van der Waals surface area contributed by atoms with Crippen LogP contribution in [0, 0.1) is 0 Å². The molecule has 0 atom stereocenters. The highest BCUT2D eigenvalue weighted by atomic mass is 32.1. The van der Waals surface area contributed by atoms with Gasteiger partial charge in [0.25, 0.3) is 0 Å². The fraction of sp³-hybridized carbons (Fsp3) is 0.250. The number of carbonyl (C=O) groups excluding carboxylic acids is 1. The highest BCUT2D eigenvalue weighted by Crippen LogP contribution is 2.12. The van der Waals surface area contributed by atoms with Crippen LogP contribution in [0.3, 0.4) is 0 Å². The van der Waals surface area contributed by atoms with E-state index in [-0.39, 0.29) is 0 Å². The molecule has 6 heteroatoms. The number of anilines is 1. The zero-order chi connectivity index (χ0) is 12.8. The van der Waals surface area contributed by atoms with Gasteiger partial charge in [0.15, 0.2) is 0 Å². The zero-order valence-corrected chi connectivity index (χ0v) is 10.7. The molecule has 2 heterocycles. The molecule has 1 N–H and O–H groups in total. The second kappa shape index (κ2) is 6.11. The van der Waals surface area contributed by atoms with E-state index in [0.29, 0.717) is 17.9 Å². The van der Waals surface area contributed by atoms with Gasteiger partial charge in [0.05, 0.1) is 7.11 Å². The summed E-state index contributed by atoms with van der Waals surface area (Å²) in [6, 6.07) is 2.08. The molecule has 0 aromatic carbocycles. The minimum absolute atomic E-state index is 0.352. The predicted molar refractivity (Wildman–Crippen MR) is 69.9 cm³/mol. The van der Waals surface area contributed by atoms with E-state index in [9.17, 15) is 4.79 Å². The van der Waals surface area contributed by atoms with Crippen LogP contribution in [0.1, 0.15) is 15.9 Å². The van der Waals surface area contributed by atoms with Crippen molar-refractivity contribution >= 4 is 23.1 Å². The van der Waals surface area contributed by atoms with Gasteiger partial charge in [-0.1, -0.05) is 0 Å². The number of nitrogens with zero attached hydrogens (tertiary/aromatic N) is 2. The van der Waals surface area contributed by atoms with Gasteiger partial charge in [-0.3, -0.25) is 0 Å². The molecule has 2 aromatic heterocycles. The Morgan fingerprint density at radius 3 is 3.17 bits per heavy atom. The number of aromatic nitrogens is 2. The second-order valence-corrected chi connectivity index (χ2v) is 4.37. The van der Waals surface area contributed by atoms with Crippen molar-refractivity contribution < 1.29 is 9.53 Å². The van der Waals surface area contributed by atoms with E-state index in [4.69, 9.17) is 0 Å². The molecule has 0 saturated carbocycles. The van der Waals surface area contributed by atoms with Gasteiger partial charge in [-0.25, -0.2) is 14.8 Å². The number of esters is 1. The number of methoxy groups -OCH3 is 1. The van der Waals surface area contributed by atoms with E-state index in [2.05, 4.69) is 31.5 Å². The van der Waals surface area contributed by atoms with E-state index in [0.717, 1.165) is 6.42 Å². The molecule has 0 radical (unpaired) electrons. The summed E-state index contributed by atoms with van der Waals surface area (Å²) in [5, 5.41) is 7.26. The number of thiophene rings is 1. The summed E-state index contributed by atoms with van der Waals surface area (Å²) in [5.41, 5.74) is 1.62. The third-order valence-corrected chi connectivity index (χ3v) is 3.14. The molecule has 0 bridgehead atoms. The van der Waals surface area contributed by atoms with Crippen LogP contribution in [0.25, 0.3) is 0 Å². The smallest absolute Gasteiger partial charge is 0.343 e. The van der Waals surface area contributed by atoms with Crippen molar-refractivity contribution in [2.75, 3.05) is 19.0 Å². The minimum Gasteiger partial charge on any atom is -0.465 e. The van der Waals surface area contributed by atoms with Gasteiger partial charge in [0, 0.05) is 12.7 Å². The lowest BCUT2D eigenvalue weighted by Gasteiger charge is -2.08. The Bertz CT molecular complexity index is 514. The van der Waals surface area contributed by atoms with E-state index in [1.54, 1.807) is 11.3 Å². The number of ether oxygens (including phenoxy) is 1. The Morgan fingerprint density at radius 2 is 2.44 bits per heavy atom. The SMILES string of the molecule is COC(=O)c1cncnc1NCCc1ccsc1. The quantitative estimate of drug-likeness (QED) is 0.836. The third-order valence-electron chi connectivity index (χ3n) is 2.40. The van der Waals surface area contributed by atoms with Gasteiger partial charge >= 0.3 is 5.97 Å². The van der Waals surface area contributed by atoms with Crippen molar-refractivity contribution in [3.8, 4) is 0 Å². The Labute approximate surface area is 109 Å². The summed E-state index contributed by atoms with van der Waals surface area (Å²) < 4.78 is 4.67. The van der Waals surface area contributed by atoms with Crippen LogP contribution in [-0.4, -0.2) is 29.6 Å². The van der Waals surface area contributed by atoms with E-state index in [1.165, 1.54) is 25.2 Å². The fourth-order valence-electron chi connectivity index (χ4n) is 1.49. The van der Waals surface area contributed by atoms with Crippen molar-refractivity contribution in [3.63, 3.8) is 0 Å². The molecule has 94 valence electrons. The first-order valence-electron chi connectivity index (χ1n) is 5.44. The Kier molecular flexibility index (Phi) is 4.25. The number of hydrogen-bond donors (Lipinski definition) is 1. The topological polar surface area (TPSA) is 64.1 Å². The van der Waals surface area contributed by atoms with Gasteiger partial charge < -0.3 is 10.1 Å². The molecular weight excluding hydrogens is 250 g/mol. The van der Waals surface area contributed by atoms with Crippen LogP contribution >= 0.6 is 11.3 Å². The molecule has 5 nitrogen and oxygen atoms in total. The summed E-state index contributed by atoms with van der Waals surface area (Å²) in [4.78, 5) is 19.4. The maximum atomic E-state index is 11.5. The summed E-state index contributed by atoms with van der Waals surface area (Å²) in [7, 11) is 1.34. The van der Waals surface area contributed by atoms with Gasteiger partial charge in [0.2, 0.25) is 0 Å². The van der Waals surface area contributed by atoms with Crippen LogP contribution < -0.4 is 5.32 Å². The Balaban J connectivity index is 1.98. The molecule has 0 aliphatic carbocycles. The minimum atomic E-state index is -0.436. The summed E-state index contributed by atoms with van der Waals surface area (Å²) in [6.07, 6.45) is 3.74. The maximum Gasteiger partial charge on any atom is 0.343 e. The van der Waals surface area contributed by atoms with E-state index < -0.39 is 5.97 Å². The highest BCUT2D eigenvalue weighted by Gasteiger charge is 2.12. The number of hydrogen-bond acceptors (Lipinski definition) is 6. The van der Waals surface area contributed by atoms with Gasteiger partial charge in [-0.15, -0.1) is 0 Å². The van der Waals surface area contributed by atoms with E-state index >= 15 is 0 Å². The van der Waals surface area contributed by atoms with Crippen LogP contribution in [0.2, 0.25) is 0 Å². The molecule has 18 heavy (non-hydrogen) atoms. The van der Waals surface area contributed by atoms with Gasteiger partial charge in [0.1, 0.15) is 17.7 Å². The number of carbonyl (C=O) groups is 1. The van der Waals surface area contributed by atoms with Crippen molar-refractivity contribution in [2.24, 2.45) is 0 Å². The van der Waals surface area contributed by atoms with Gasteiger partial charge in [-0.2, -0.15) is 11.3 Å². The first-order chi connectivity index (χ1) is 8.81. The standard InChI is InChI=1S/C12H13N3O2S/c1-17-12(16)10-6-13-8-15-11(10)14-4-2-9-3-5-18-7-9/h3,5-8H,2,4H2,1H3,(H,13,14,15). The van der Waals surface area contributed by atoms with Crippen molar-refractivity contribution in [3.05, 3.63) is 40.5 Å². The molecule has 0 amide bonds. The van der Waals surface area contributed by atoms with Crippen LogP contribution in [0.15, 0.2) is 29.4 Å². The molecule has 2 aromatic rings. The summed E-state index contributed by atoms with van der Waals surface area (Å²) in [5.74, 6) is 0.0701. The first kappa shape index (κ1) is 12.5. The normalized spacial score (nSPS) is 10.1. The molecule has 0 unspecified atom stereocenters. The molecule has 0 aliphatic heterocycles. The third kappa shape index (κ3) is 3.04. The molecule has 2 rings (SSSR count). The molecule has 0 fully saturated rings. The monoisotopic (exact) mass is 263 g/mol. The van der Waals surface area contributed by atoms with Crippen LogP contribution in [0.4, 0.5) is 5.82 Å². The zero-order valence-electron chi connectivity index (χ0n) is 9.92. The lowest BCUT2D eigenvalue weighted by molar-refractivity contribution is 0.0601. The van der Waals surface area contributed by atoms with E-state index in [1.807, 2.05) is 5.38 Å². The average Bonchev–Trinajstić information content (AvgIpc) is 2.92. The largest absolute Gasteiger partial charge is 0.465 e. The lowest BCUT2D eigenvalue weighted by Crippen LogP contribution is -2.12. The first-order valence-corrected chi connectivity index (χ1v) is 6.39. The van der Waals surface area contributed by atoms with Crippen LogP contribution in [-0.2, 0) is 11.2 Å². The lowest BCUT2D eigenvalue weighted by atomic mass is 10.2. The Hall–Kier alpha value is -1.95. The van der Waals surface area contributed by atoms with Crippen molar-refractivity contribution in [2.45, 2.75) is 6.42 Å². The highest BCUT2D eigenvalue weighted by molar-refractivity contribution is 7.07. The van der Waals surface area contributed by atoms with Crippen molar-refractivity contribution in [1.29, 1.82) is 0 Å². The molecule has 0 saturated heterocycles. The molecular formula is C12H13N3O2S. The molecule has 0 spiro atoms. The summed E-state index contributed by atoms with van der Waals surface area (Å²) >= 11 is 1.67. The van der Waals surface area contributed by atoms with Crippen LogP contribution in [0.5, 0.6) is 0 Å². The van der Waals surface area contributed by atoms with Gasteiger partial charge in [-0.05, 0) is 28.8 Å². The number of rotatable bonds is 5. The fourth-order valence-corrected chi connectivity index (χ4v) is 2.19.